The summed E-state index contributed by atoms with van der Waals surface area (Å²) in [6.45, 7) is 4.12. The number of epoxide rings is 1. The second kappa shape index (κ2) is 5.32. The van der Waals surface area contributed by atoms with Crippen LogP contribution >= 0.6 is 0 Å². The van der Waals surface area contributed by atoms with Gasteiger partial charge in [-0.15, -0.1) is 0 Å². The smallest absolute Gasteiger partial charge is 0.343 e. The number of rotatable bonds is 5. The Morgan fingerprint density at radius 2 is 2.06 bits per heavy atom. The quantitative estimate of drug-likeness (QED) is 0.446. The first-order valence-corrected chi connectivity index (χ1v) is 6.14. The standard InChI is InChI=1S/C14H18O3/c1-3-4-5-12-13(17-12)14(15)16-11-8-6-10(2)7-9-11/h6-9,12-13H,3-5H2,1-2H3/t12-,13-/m0/s1. The molecule has 17 heavy (non-hydrogen) atoms. The van der Waals surface area contributed by atoms with Crippen molar-refractivity contribution in [3.63, 3.8) is 0 Å². The Bertz CT molecular complexity index is 383. The molecule has 1 aromatic carbocycles. The molecule has 3 nitrogen and oxygen atoms in total. The number of ether oxygens (including phenoxy) is 2. The number of esters is 1. The van der Waals surface area contributed by atoms with Crippen LogP contribution in [0.3, 0.4) is 0 Å². The van der Waals surface area contributed by atoms with E-state index in [9.17, 15) is 4.79 Å². The van der Waals surface area contributed by atoms with Crippen molar-refractivity contribution >= 4 is 5.97 Å². The lowest BCUT2D eigenvalue weighted by atomic mass is 10.1. The van der Waals surface area contributed by atoms with Crippen LogP contribution in [0, 0.1) is 6.92 Å². The first-order chi connectivity index (χ1) is 8.20. The van der Waals surface area contributed by atoms with Crippen LogP contribution in [-0.4, -0.2) is 18.2 Å². The largest absolute Gasteiger partial charge is 0.425 e. The summed E-state index contributed by atoms with van der Waals surface area (Å²) in [5.41, 5.74) is 1.15. The molecule has 0 spiro atoms. The molecule has 0 amide bonds. The highest BCUT2D eigenvalue weighted by molar-refractivity contribution is 5.80. The Morgan fingerprint density at radius 3 is 2.71 bits per heavy atom. The Morgan fingerprint density at radius 1 is 1.35 bits per heavy atom. The minimum absolute atomic E-state index is 0.0768. The molecule has 0 N–H and O–H groups in total. The zero-order chi connectivity index (χ0) is 12.3. The number of hydrogen-bond donors (Lipinski definition) is 0. The maximum absolute atomic E-state index is 11.7. The fourth-order valence-electron chi connectivity index (χ4n) is 1.76. The van der Waals surface area contributed by atoms with Crippen molar-refractivity contribution in [2.24, 2.45) is 0 Å². The molecule has 1 saturated heterocycles. The van der Waals surface area contributed by atoms with Crippen molar-refractivity contribution in [2.75, 3.05) is 0 Å². The van der Waals surface area contributed by atoms with E-state index in [2.05, 4.69) is 6.92 Å². The maximum atomic E-state index is 11.7. The van der Waals surface area contributed by atoms with E-state index in [0.717, 1.165) is 24.8 Å². The minimum atomic E-state index is -0.345. The normalized spacial score (nSPS) is 22.2. The predicted octanol–water partition coefficient (Wildman–Crippen LogP) is 2.86. The average molecular weight is 234 g/mol. The number of benzene rings is 1. The molecule has 0 unspecified atom stereocenters. The Labute approximate surface area is 102 Å². The van der Waals surface area contributed by atoms with Crippen LogP contribution in [-0.2, 0) is 9.53 Å². The summed E-state index contributed by atoms with van der Waals surface area (Å²) in [7, 11) is 0. The highest BCUT2D eigenvalue weighted by Gasteiger charge is 2.45. The van der Waals surface area contributed by atoms with Crippen molar-refractivity contribution in [1.29, 1.82) is 0 Å². The molecule has 1 fully saturated rings. The third-order valence-electron chi connectivity index (χ3n) is 2.90. The van der Waals surface area contributed by atoms with Crippen molar-refractivity contribution in [2.45, 2.75) is 45.3 Å². The third-order valence-corrected chi connectivity index (χ3v) is 2.90. The van der Waals surface area contributed by atoms with E-state index >= 15 is 0 Å². The molecule has 0 aliphatic carbocycles. The highest BCUT2D eigenvalue weighted by Crippen LogP contribution is 2.28. The fraction of sp³-hybridized carbons (Fsp3) is 0.500. The van der Waals surface area contributed by atoms with Gasteiger partial charge in [0.25, 0.3) is 0 Å². The Balaban J connectivity index is 1.80. The van der Waals surface area contributed by atoms with E-state index in [1.807, 2.05) is 19.1 Å². The second-order valence-corrected chi connectivity index (χ2v) is 4.47. The zero-order valence-electron chi connectivity index (χ0n) is 10.3. The maximum Gasteiger partial charge on any atom is 0.343 e. The molecule has 0 bridgehead atoms. The minimum Gasteiger partial charge on any atom is -0.425 e. The molecule has 2 rings (SSSR count). The highest BCUT2D eigenvalue weighted by atomic mass is 16.6. The number of carbonyl (C=O) groups is 1. The van der Waals surface area contributed by atoms with Crippen molar-refractivity contribution < 1.29 is 14.3 Å². The summed E-state index contributed by atoms with van der Waals surface area (Å²) in [6.07, 6.45) is 2.90. The summed E-state index contributed by atoms with van der Waals surface area (Å²) in [5.74, 6) is 0.320. The van der Waals surface area contributed by atoms with Gasteiger partial charge in [0.1, 0.15) is 5.75 Å². The molecule has 2 atom stereocenters. The molecule has 0 aromatic heterocycles. The van der Waals surface area contributed by atoms with Crippen LogP contribution in [0.15, 0.2) is 24.3 Å². The van der Waals surface area contributed by atoms with Crippen LogP contribution < -0.4 is 4.74 Å². The van der Waals surface area contributed by atoms with Gasteiger partial charge in [0.2, 0.25) is 0 Å². The summed E-state index contributed by atoms with van der Waals surface area (Å²) >= 11 is 0. The molecule has 0 saturated carbocycles. The van der Waals surface area contributed by atoms with Crippen LogP contribution in [0.4, 0.5) is 0 Å². The third kappa shape index (κ3) is 3.30. The van der Waals surface area contributed by atoms with Gasteiger partial charge in [-0.05, 0) is 25.5 Å². The number of hydrogen-bond acceptors (Lipinski definition) is 3. The van der Waals surface area contributed by atoms with Gasteiger partial charge >= 0.3 is 5.97 Å². The molecular formula is C14H18O3. The number of aryl methyl sites for hydroxylation is 1. The fourth-order valence-corrected chi connectivity index (χ4v) is 1.76. The van der Waals surface area contributed by atoms with E-state index in [0.29, 0.717) is 5.75 Å². The lowest BCUT2D eigenvalue weighted by molar-refractivity contribution is -0.135. The van der Waals surface area contributed by atoms with Gasteiger partial charge in [0.15, 0.2) is 6.10 Å². The Hall–Kier alpha value is -1.35. The molecule has 3 heteroatoms. The summed E-state index contributed by atoms with van der Waals surface area (Å²) < 4.78 is 10.5. The van der Waals surface area contributed by atoms with Crippen LogP contribution in [0.2, 0.25) is 0 Å². The van der Waals surface area contributed by atoms with Gasteiger partial charge in [-0.25, -0.2) is 4.79 Å². The van der Waals surface area contributed by atoms with Gasteiger partial charge in [0.05, 0.1) is 6.10 Å². The molecular weight excluding hydrogens is 216 g/mol. The SMILES string of the molecule is CCCC[C@@H]1O[C@@H]1C(=O)Oc1ccc(C)cc1. The molecule has 92 valence electrons. The number of carbonyl (C=O) groups excluding carboxylic acids is 1. The van der Waals surface area contributed by atoms with Crippen LogP contribution in [0.5, 0.6) is 5.75 Å². The second-order valence-electron chi connectivity index (χ2n) is 4.47. The van der Waals surface area contributed by atoms with Gasteiger partial charge < -0.3 is 9.47 Å². The Kier molecular flexibility index (Phi) is 3.79. The summed E-state index contributed by atoms with van der Waals surface area (Å²) in [5, 5.41) is 0. The summed E-state index contributed by atoms with van der Waals surface area (Å²) in [4.78, 5) is 11.7. The van der Waals surface area contributed by atoms with E-state index in [1.165, 1.54) is 0 Å². The lowest BCUT2D eigenvalue weighted by Crippen LogP contribution is -2.17. The van der Waals surface area contributed by atoms with Gasteiger partial charge in [-0.2, -0.15) is 0 Å². The van der Waals surface area contributed by atoms with Crippen molar-refractivity contribution in [3.8, 4) is 5.75 Å². The molecule has 1 aliphatic heterocycles. The first-order valence-electron chi connectivity index (χ1n) is 6.14. The lowest BCUT2D eigenvalue weighted by Gasteiger charge is -2.02. The van der Waals surface area contributed by atoms with Crippen LogP contribution in [0.25, 0.3) is 0 Å². The van der Waals surface area contributed by atoms with E-state index < -0.39 is 0 Å². The summed E-state index contributed by atoms with van der Waals surface area (Å²) in [6, 6.07) is 7.45. The molecule has 1 heterocycles. The molecule has 0 radical (unpaired) electrons. The van der Waals surface area contributed by atoms with Crippen molar-refractivity contribution in [3.05, 3.63) is 29.8 Å². The number of unbranched alkanes of at least 4 members (excludes halogenated alkanes) is 1. The monoisotopic (exact) mass is 234 g/mol. The average Bonchev–Trinajstić information content (AvgIpc) is 3.09. The van der Waals surface area contributed by atoms with E-state index in [-0.39, 0.29) is 18.2 Å². The van der Waals surface area contributed by atoms with Gasteiger partial charge in [0, 0.05) is 0 Å². The van der Waals surface area contributed by atoms with Gasteiger partial charge in [-0.3, -0.25) is 0 Å². The predicted molar refractivity (Wildman–Crippen MR) is 65.0 cm³/mol. The zero-order valence-corrected chi connectivity index (χ0v) is 10.3. The molecule has 1 aromatic rings. The first kappa shape index (κ1) is 12.1. The van der Waals surface area contributed by atoms with Crippen molar-refractivity contribution in [1.82, 2.24) is 0 Å². The van der Waals surface area contributed by atoms with E-state index in [1.54, 1.807) is 12.1 Å². The topological polar surface area (TPSA) is 38.8 Å². The van der Waals surface area contributed by atoms with E-state index in [4.69, 9.17) is 9.47 Å². The van der Waals surface area contributed by atoms with Gasteiger partial charge in [-0.1, -0.05) is 37.5 Å². The van der Waals surface area contributed by atoms with Crippen LogP contribution in [0.1, 0.15) is 31.7 Å². The molecule has 1 aliphatic rings.